The number of rotatable bonds is 3. The quantitative estimate of drug-likeness (QED) is 0.519. The van der Waals surface area contributed by atoms with Gasteiger partial charge >= 0.3 is 6.16 Å². The van der Waals surface area contributed by atoms with E-state index in [1.165, 1.54) is 0 Å². The fourth-order valence-corrected chi connectivity index (χ4v) is 5.44. The number of carbonyl (C=O) groups is 3. The van der Waals surface area contributed by atoms with Gasteiger partial charge in [0.1, 0.15) is 6.61 Å². The van der Waals surface area contributed by atoms with Crippen molar-refractivity contribution >= 4 is 18.0 Å². The minimum Gasteiger partial charge on any atom is -0.432 e. The lowest BCUT2D eigenvalue weighted by atomic mass is 9.68. The van der Waals surface area contributed by atoms with E-state index in [0.717, 1.165) is 54.4 Å². The molecule has 2 aliphatic carbocycles. The Morgan fingerprint density at radius 2 is 1.42 bits per heavy atom. The van der Waals surface area contributed by atoms with Crippen molar-refractivity contribution in [3.8, 4) is 11.1 Å². The van der Waals surface area contributed by atoms with E-state index in [-0.39, 0.29) is 30.8 Å². The van der Waals surface area contributed by atoms with Crippen molar-refractivity contribution in [2.45, 2.75) is 50.9 Å². The zero-order chi connectivity index (χ0) is 21.4. The largest absolute Gasteiger partial charge is 0.533 e. The van der Waals surface area contributed by atoms with Gasteiger partial charge in [-0.15, -0.1) is 0 Å². The molecule has 2 aromatic carbocycles. The molecule has 2 amide bonds. The molecule has 1 saturated heterocycles. The van der Waals surface area contributed by atoms with Crippen molar-refractivity contribution in [2.75, 3.05) is 6.61 Å². The van der Waals surface area contributed by atoms with Gasteiger partial charge in [-0.05, 0) is 40.5 Å². The second-order valence-corrected chi connectivity index (χ2v) is 8.88. The summed E-state index contributed by atoms with van der Waals surface area (Å²) in [5, 5.41) is 0.610. The first-order chi connectivity index (χ1) is 15.1. The fraction of sp³-hybridized carbons (Fsp3) is 0.400. The first-order valence-corrected chi connectivity index (χ1v) is 11.0. The van der Waals surface area contributed by atoms with Gasteiger partial charge < -0.3 is 4.74 Å². The van der Waals surface area contributed by atoms with Crippen molar-refractivity contribution in [3.63, 3.8) is 0 Å². The Kier molecular flexibility index (Phi) is 5.00. The topological polar surface area (TPSA) is 72.9 Å². The zero-order valence-electron chi connectivity index (χ0n) is 17.3. The van der Waals surface area contributed by atoms with E-state index in [9.17, 15) is 14.4 Å². The van der Waals surface area contributed by atoms with Crippen LogP contribution in [0.15, 0.2) is 48.5 Å². The summed E-state index contributed by atoms with van der Waals surface area (Å²) in [7, 11) is 0. The summed E-state index contributed by atoms with van der Waals surface area (Å²) in [6.07, 6.45) is 4.44. The molecule has 0 N–H and O–H groups in total. The van der Waals surface area contributed by atoms with Crippen LogP contribution < -0.4 is 0 Å². The van der Waals surface area contributed by atoms with Gasteiger partial charge in [0.05, 0.1) is 0 Å². The smallest absolute Gasteiger partial charge is 0.432 e. The Morgan fingerprint density at radius 3 is 2.00 bits per heavy atom. The lowest BCUT2D eigenvalue weighted by Crippen LogP contribution is -2.49. The lowest BCUT2D eigenvalue weighted by Gasteiger charge is -2.41. The number of benzene rings is 2. The summed E-state index contributed by atoms with van der Waals surface area (Å²) in [4.78, 5) is 42.6. The van der Waals surface area contributed by atoms with E-state index < -0.39 is 18.0 Å². The van der Waals surface area contributed by atoms with Crippen molar-refractivity contribution in [1.29, 1.82) is 0 Å². The number of piperidine rings is 1. The van der Waals surface area contributed by atoms with E-state index in [1.807, 2.05) is 36.4 Å². The van der Waals surface area contributed by atoms with Gasteiger partial charge in [0.15, 0.2) is 0 Å². The lowest BCUT2D eigenvalue weighted by molar-refractivity contribution is -0.195. The molecule has 0 aromatic heterocycles. The highest BCUT2D eigenvalue weighted by Crippen LogP contribution is 2.46. The Labute approximate surface area is 181 Å². The molecular weight excluding hydrogens is 394 g/mol. The predicted octanol–water partition coefficient (Wildman–Crippen LogP) is 4.97. The monoisotopic (exact) mass is 419 g/mol. The molecule has 2 aromatic rings. The summed E-state index contributed by atoms with van der Waals surface area (Å²) in [5.41, 5.74) is 4.16. The Hall–Kier alpha value is -3.15. The van der Waals surface area contributed by atoms with E-state index in [0.29, 0.717) is 5.06 Å². The number of imide groups is 1. The molecule has 3 aliphatic rings. The number of hydrogen-bond acceptors (Lipinski definition) is 5. The van der Waals surface area contributed by atoms with Crippen molar-refractivity contribution in [3.05, 3.63) is 59.7 Å². The number of amides is 2. The molecule has 1 heterocycles. The third-order valence-electron chi connectivity index (χ3n) is 6.92. The third-order valence-corrected chi connectivity index (χ3v) is 6.92. The van der Waals surface area contributed by atoms with Crippen molar-refractivity contribution in [1.82, 2.24) is 5.06 Å². The van der Waals surface area contributed by atoms with Crippen LogP contribution in [0, 0.1) is 5.41 Å². The molecule has 0 bridgehead atoms. The Balaban J connectivity index is 1.24. The van der Waals surface area contributed by atoms with E-state index >= 15 is 0 Å². The second-order valence-electron chi connectivity index (χ2n) is 8.88. The summed E-state index contributed by atoms with van der Waals surface area (Å²) < 4.78 is 5.37. The number of fused-ring (bicyclic) bond motifs is 3. The van der Waals surface area contributed by atoms with Crippen LogP contribution in [0.3, 0.4) is 0 Å². The Morgan fingerprint density at radius 1 is 0.871 bits per heavy atom. The van der Waals surface area contributed by atoms with E-state index in [2.05, 4.69) is 12.1 Å². The van der Waals surface area contributed by atoms with Gasteiger partial charge in [0.25, 0.3) is 11.8 Å². The van der Waals surface area contributed by atoms with Crippen LogP contribution in [0.4, 0.5) is 4.79 Å². The highest BCUT2D eigenvalue weighted by atomic mass is 16.8. The summed E-state index contributed by atoms with van der Waals surface area (Å²) in [6, 6.07) is 16.0. The van der Waals surface area contributed by atoms with Gasteiger partial charge in [-0.1, -0.05) is 72.9 Å². The van der Waals surface area contributed by atoms with Gasteiger partial charge in [-0.25, -0.2) is 4.79 Å². The zero-order valence-corrected chi connectivity index (χ0v) is 17.3. The van der Waals surface area contributed by atoms with Crippen LogP contribution in [0.5, 0.6) is 0 Å². The maximum atomic E-state index is 12.6. The standard InChI is InChI=1S/C25H25NO5/c27-22-14-25(12-6-1-7-13-25)15-23(28)26(22)31-24(29)30-16-21-19-10-4-2-8-17(19)18-9-3-5-11-20(18)21/h2-5,8-11,21H,1,6-7,12-16H2. The molecule has 0 unspecified atom stereocenters. The van der Waals surface area contributed by atoms with Gasteiger partial charge in [0, 0.05) is 18.8 Å². The highest BCUT2D eigenvalue weighted by molar-refractivity contribution is 5.98. The van der Waals surface area contributed by atoms with E-state index in [1.54, 1.807) is 0 Å². The second kappa shape index (κ2) is 7.84. The predicted molar refractivity (Wildman–Crippen MR) is 113 cm³/mol. The Bertz CT molecular complexity index is 974. The van der Waals surface area contributed by atoms with E-state index in [4.69, 9.17) is 9.57 Å². The maximum Gasteiger partial charge on any atom is 0.533 e. The number of hydroxylamine groups is 2. The average molecular weight is 419 g/mol. The molecule has 6 heteroatoms. The third kappa shape index (κ3) is 3.60. The summed E-state index contributed by atoms with van der Waals surface area (Å²) in [6.45, 7) is 0.0764. The van der Waals surface area contributed by atoms with Crippen LogP contribution in [0.1, 0.15) is 62.0 Å². The summed E-state index contributed by atoms with van der Waals surface area (Å²) >= 11 is 0. The molecular formula is C25H25NO5. The number of nitrogens with zero attached hydrogens (tertiary/aromatic N) is 1. The fourth-order valence-electron chi connectivity index (χ4n) is 5.44. The molecule has 0 radical (unpaired) electrons. The molecule has 1 saturated carbocycles. The summed E-state index contributed by atoms with van der Waals surface area (Å²) in [5.74, 6) is -1.02. The SMILES string of the molecule is O=C(OCC1c2ccccc2-c2ccccc21)ON1C(=O)CC2(CCCCC2)CC1=O. The van der Waals surface area contributed by atoms with Crippen LogP contribution in [0.2, 0.25) is 0 Å². The van der Waals surface area contributed by atoms with Crippen LogP contribution in [0.25, 0.3) is 11.1 Å². The maximum absolute atomic E-state index is 12.6. The van der Waals surface area contributed by atoms with Crippen LogP contribution in [-0.2, 0) is 19.2 Å². The molecule has 31 heavy (non-hydrogen) atoms. The molecule has 1 aliphatic heterocycles. The minimum absolute atomic E-state index is 0.0764. The number of hydrogen-bond donors (Lipinski definition) is 0. The number of carbonyl (C=O) groups excluding carboxylic acids is 3. The van der Waals surface area contributed by atoms with Gasteiger partial charge in [-0.2, -0.15) is 0 Å². The van der Waals surface area contributed by atoms with Crippen LogP contribution >= 0.6 is 0 Å². The first-order valence-electron chi connectivity index (χ1n) is 11.0. The molecule has 160 valence electrons. The average Bonchev–Trinajstić information content (AvgIpc) is 3.09. The van der Waals surface area contributed by atoms with Gasteiger partial charge in [0.2, 0.25) is 0 Å². The molecule has 1 spiro atoms. The minimum atomic E-state index is -1.02. The normalized spacial score (nSPS) is 19.8. The van der Waals surface area contributed by atoms with Crippen molar-refractivity contribution in [2.24, 2.45) is 5.41 Å². The van der Waals surface area contributed by atoms with Gasteiger partial charge in [-0.3, -0.25) is 14.4 Å². The molecule has 0 atom stereocenters. The highest BCUT2D eigenvalue weighted by Gasteiger charge is 2.46. The first kappa shape index (κ1) is 19.8. The molecule has 6 nitrogen and oxygen atoms in total. The van der Waals surface area contributed by atoms with Crippen molar-refractivity contribution < 1.29 is 24.0 Å². The molecule has 2 fully saturated rings. The molecule has 5 rings (SSSR count). The van der Waals surface area contributed by atoms with Crippen LogP contribution in [-0.4, -0.2) is 29.6 Å². The number of ether oxygens (including phenoxy) is 1.